The van der Waals surface area contributed by atoms with Crippen LogP contribution in [0.4, 0.5) is 0 Å². The minimum absolute atomic E-state index is 0.360. The Balaban J connectivity index is 1.93. The Morgan fingerprint density at radius 3 is 1.94 bits per heavy atom. The average Bonchev–Trinajstić information content (AvgIpc) is 2.90. The molecule has 1 aliphatic rings. The van der Waals surface area contributed by atoms with Crippen molar-refractivity contribution in [3.63, 3.8) is 0 Å². The molecule has 3 rings (SSSR count). The van der Waals surface area contributed by atoms with Crippen LogP contribution in [-0.4, -0.2) is 0 Å². The first kappa shape index (κ1) is 10.2. The molecule has 0 saturated heterocycles. The summed E-state index contributed by atoms with van der Waals surface area (Å²) in [5.74, 6) is 0.429. The van der Waals surface area contributed by atoms with Crippen LogP contribution in [0.3, 0.4) is 0 Å². The van der Waals surface area contributed by atoms with Gasteiger partial charge in [-0.05, 0) is 17.3 Å². The van der Waals surface area contributed by atoms with E-state index in [2.05, 4.69) is 78.3 Å². The molecule has 84 valence electrons. The SMILES string of the molecule is C1=C[C@@H](c2ccccc2)[C@H](c2ccccc2)N1. The predicted octanol–water partition coefficient (Wildman–Crippen LogP) is 3.63. The minimum Gasteiger partial charge on any atom is -0.383 e. The summed E-state index contributed by atoms with van der Waals surface area (Å²) in [6.07, 6.45) is 4.31. The molecule has 0 unspecified atom stereocenters. The fourth-order valence-corrected chi connectivity index (χ4v) is 2.42. The van der Waals surface area contributed by atoms with Crippen LogP contribution in [0.15, 0.2) is 72.9 Å². The number of hydrogen-bond acceptors (Lipinski definition) is 1. The number of rotatable bonds is 2. The van der Waals surface area contributed by atoms with Crippen molar-refractivity contribution in [2.24, 2.45) is 0 Å². The van der Waals surface area contributed by atoms with Gasteiger partial charge in [-0.25, -0.2) is 0 Å². The second kappa shape index (κ2) is 4.46. The number of hydrogen-bond donors (Lipinski definition) is 1. The van der Waals surface area contributed by atoms with Gasteiger partial charge in [0, 0.05) is 5.92 Å². The molecular weight excluding hydrogens is 206 g/mol. The molecule has 1 N–H and O–H groups in total. The lowest BCUT2D eigenvalue weighted by molar-refractivity contribution is 0.604. The largest absolute Gasteiger partial charge is 0.383 e. The van der Waals surface area contributed by atoms with Crippen molar-refractivity contribution in [3.05, 3.63) is 84.1 Å². The standard InChI is InChI=1S/C16H15N/c1-3-7-13(8-4-1)15-11-12-17-16(15)14-9-5-2-6-10-14/h1-12,15-17H/t15-,16-/m0/s1. The molecule has 1 heterocycles. The first-order chi connectivity index (χ1) is 8.45. The van der Waals surface area contributed by atoms with Crippen molar-refractivity contribution in [2.45, 2.75) is 12.0 Å². The van der Waals surface area contributed by atoms with Gasteiger partial charge in [-0.2, -0.15) is 0 Å². The Labute approximate surface area is 102 Å². The molecule has 17 heavy (non-hydrogen) atoms. The maximum Gasteiger partial charge on any atom is 0.0612 e. The lowest BCUT2D eigenvalue weighted by Crippen LogP contribution is -2.16. The third-order valence-corrected chi connectivity index (χ3v) is 3.28. The molecule has 2 atom stereocenters. The van der Waals surface area contributed by atoms with Gasteiger partial charge in [-0.3, -0.25) is 0 Å². The molecule has 2 aromatic carbocycles. The maximum absolute atomic E-state index is 3.44. The van der Waals surface area contributed by atoms with E-state index in [1.807, 2.05) is 0 Å². The van der Waals surface area contributed by atoms with Crippen molar-refractivity contribution in [1.82, 2.24) is 5.32 Å². The van der Waals surface area contributed by atoms with Crippen LogP contribution < -0.4 is 5.32 Å². The molecule has 2 aromatic rings. The normalized spacial score (nSPS) is 22.4. The highest BCUT2D eigenvalue weighted by molar-refractivity contribution is 5.34. The quantitative estimate of drug-likeness (QED) is 0.816. The van der Waals surface area contributed by atoms with Crippen LogP contribution in [0.1, 0.15) is 23.1 Å². The van der Waals surface area contributed by atoms with Crippen molar-refractivity contribution < 1.29 is 0 Å². The van der Waals surface area contributed by atoms with Gasteiger partial charge in [0.15, 0.2) is 0 Å². The molecule has 0 aromatic heterocycles. The van der Waals surface area contributed by atoms with E-state index < -0.39 is 0 Å². The van der Waals surface area contributed by atoms with Crippen molar-refractivity contribution in [1.29, 1.82) is 0 Å². The van der Waals surface area contributed by atoms with Gasteiger partial charge in [0.25, 0.3) is 0 Å². The monoisotopic (exact) mass is 221 g/mol. The van der Waals surface area contributed by atoms with Gasteiger partial charge >= 0.3 is 0 Å². The van der Waals surface area contributed by atoms with E-state index in [1.54, 1.807) is 0 Å². The maximum atomic E-state index is 3.44. The Bertz CT molecular complexity index is 502. The van der Waals surface area contributed by atoms with E-state index in [0.29, 0.717) is 12.0 Å². The molecular formula is C16H15N. The van der Waals surface area contributed by atoms with Gasteiger partial charge < -0.3 is 5.32 Å². The summed E-state index contributed by atoms with van der Waals surface area (Å²) in [4.78, 5) is 0. The topological polar surface area (TPSA) is 12.0 Å². The zero-order chi connectivity index (χ0) is 11.5. The third kappa shape index (κ3) is 1.96. The zero-order valence-corrected chi connectivity index (χ0v) is 9.58. The zero-order valence-electron chi connectivity index (χ0n) is 9.58. The van der Waals surface area contributed by atoms with E-state index in [4.69, 9.17) is 0 Å². The average molecular weight is 221 g/mol. The van der Waals surface area contributed by atoms with E-state index in [1.165, 1.54) is 11.1 Å². The Kier molecular flexibility index (Phi) is 2.66. The van der Waals surface area contributed by atoms with Crippen LogP contribution in [0, 0.1) is 0 Å². The molecule has 1 nitrogen and oxygen atoms in total. The van der Waals surface area contributed by atoms with Crippen LogP contribution in [0.2, 0.25) is 0 Å². The van der Waals surface area contributed by atoms with Crippen molar-refractivity contribution >= 4 is 0 Å². The minimum atomic E-state index is 0.360. The highest BCUT2D eigenvalue weighted by Crippen LogP contribution is 2.35. The molecule has 0 saturated carbocycles. The van der Waals surface area contributed by atoms with Crippen molar-refractivity contribution in [2.75, 3.05) is 0 Å². The number of nitrogens with one attached hydrogen (secondary N) is 1. The fourth-order valence-electron chi connectivity index (χ4n) is 2.42. The second-order valence-electron chi connectivity index (χ2n) is 4.35. The molecule has 0 radical (unpaired) electrons. The summed E-state index contributed by atoms with van der Waals surface area (Å²) in [7, 11) is 0. The van der Waals surface area contributed by atoms with E-state index in [-0.39, 0.29) is 0 Å². The lowest BCUT2D eigenvalue weighted by Gasteiger charge is -2.20. The summed E-state index contributed by atoms with van der Waals surface area (Å²) < 4.78 is 0. The summed E-state index contributed by atoms with van der Waals surface area (Å²) in [6.45, 7) is 0. The molecule has 0 fully saturated rings. The molecule has 1 heteroatoms. The summed E-state index contributed by atoms with van der Waals surface area (Å²) in [6, 6.07) is 21.6. The summed E-state index contributed by atoms with van der Waals surface area (Å²) >= 11 is 0. The highest BCUT2D eigenvalue weighted by atomic mass is 14.9. The molecule has 1 aliphatic heterocycles. The van der Waals surface area contributed by atoms with Crippen LogP contribution in [0.5, 0.6) is 0 Å². The molecule has 0 spiro atoms. The second-order valence-corrected chi connectivity index (χ2v) is 4.35. The predicted molar refractivity (Wildman–Crippen MR) is 70.6 cm³/mol. The Morgan fingerprint density at radius 1 is 0.706 bits per heavy atom. The van der Waals surface area contributed by atoms with E-state index >= 15 is 0 Å². The van der Waals surface area contributed by atoms with Gasteiger partial charge in [-0.15, -0.1) is 0 Å². The van der Waals surface area contributed by atoms with Gasteiger partial charge in [-0.1, -0.05) is 66.7 Å². The summed E-state index contributed by atoms with van der Waals surface area (Å²) in [5.41, 5.74) is 2.70. The smallest absolute Gasteiger partial charge is 0.0612 e. The lowest BCUT2D eigenvalue weighted by atomic mass is 9.89. The van der Waals surface area contributed by atoms with E-state index in [9.17, 15) is 0 Å². The highest BCUT2D eigenvalue weighted by Gasteiger charge is 2.24. The molecule has 0 aliphatic carbocycles. The third-order valence-electron chi connectivity index (χ3n) is 3.28. The fraction of sp³-hybridized carbons (Fsp3) is 0.125. The molecule has 0 amide bonds. The van der Waals surface area contributed by atoms with E-state index in [0.717, 1.165) is 0 Å². The van der Waals surface area contributed by atoms with Crippen molar-refractivity contribution in [3.8, 4) is 0 Å². The Hall–Kier alpha value is -2.02. The first-order valence-corrected chi connectivity index (χ1v) is 5.98. The van der Waals surface area contributed by atoms with Gasteiger partial charge in [0.1, 0.15) is 0 Å². The van der Waals surface area contributed by atoms with Gasteiger partial charge in [0.05, 0.1) is 6.04 Å². The number of benzene rings is 2. The van der Waals surface area contributed by atoms with Crippen LogP contribution in [-0.2, 0) is 0 Å². The molecule has 0 bridgehead atoms. The van der Waals surface area contributed by atoms with Gasteiger partial charge in [0.2, 0.25) is 0 Å². The Morgan fingerprint density at radius 2 is 1.29 bits per heavy atom. The van der Waals surface area contributed by atoms with Crippen LogP contribution >= 0.6 is 0 Å². The summed E-state index contributed by atoms with van der Waals surface area (Å²) in [5, 5.41) is 3.44. The van der Waals surface area contributed by atoms with Crippen LogP contribution in [0.25, 0.3) is 0 Å². The first-order valence-electron chi connectivity index (χ1n) is 5.98.